The topological polar surface area (TPSA) is 36.3 Å². The summed E-state index contributed by atoms with van der Waals surface area (Å²) in [6, 6.07) is 102. The molecule has 11 aromatic carbocycles. The van der Waals surface area contributed by atoms with E-state index in [4.69, 9.17) is 4.98 Å². The van der Waals surface area contributed by atoms with Crippen LogP contribution < -0.4 is 15.1 Å². The molecule has 1 aliphatic rings. The predicted molar refractivity (Wildman–Crippen MR) is 304 cm³/mol. The number of para-hydroxylation sites is 5. The van der Waals surface area contributed by atoms with Gasteiger partial charge in [-0.1, -0.05) is 200 Å². The Labute approximate surface area is 426 Å². The average Bonchev–Trinajstić information content (AvgIpc) is 4.07. The Morgan fingerprint density at radius 1 is 0.356 bits per heavy atom. The largest absolute Gasteiger partial charge is 0.359 e. The summed E-state index contributed by atoms with van der Waals surface area (Å²) in [5.41, 5.74) is 21.3. The minimum atomic E-state index is -0.0385. The number of imidazole rings is 1. The normalized spacial score (nSPS) is 12.9. The second-order valence-corrected chi connectivity index (χ2v) is 18.4. The Kier molecular flexibility index (Phi) is 11.2. The van der Waals surface area contributed by atoms with Gasteiger partial charge < -0.3 is 15.1 Å². The Balaban J connectivity index is 0.814. The van der Waals surface area contributed by atoms with Gasteiger partial charge in [0.15, 0.2) is 0 Å². The lowest BCUT2D eigenvalue weighted by molar-refractivity contribution is 0.829. The highest BCUT2D eigenvalue weighted by molar-refractivity contribution is 5.98. The third kappa shape index (κ3) is 8.19. The molecule has 1 unspecified atom stereocenters. The van der Waals surface area contributed by atoms with E-state index in [0.717, 1.165) is 89.9 Å². The second-order valence-electron chi connectivity index (χ2n) is 18.4. The van der Waals surface area contributed by atoms with E-state index >= 15 is 0 Å². The summed E-state index contributed by atoms with van der Waals surface area (Å²) in [5.74, 6) is 0.921. The molecule has 73 heavy (non-hydrogen) atoms. The molecule has 0 saturated carbocycles. The zero-order valence-electron chi connectivity index (χ0n) is 40.0. The van der Waals surface area contributed by atoms with E-state index in [0.29, 0.717) is 0 Å². The molecule has 2 heterocycles. The van der Waals surface area contributed by atoms with Crippen molar-refractivity contribution in [1.29, 1.82) is 0 Å². The molecule has 5 heteroatoms. The van der Waals surface area contributed by atoms with Crippen LogP contribution in [0.3, 0.4) is 0 Å². The molecule has 5 nitrogen and oxygen atoms in total. The van der Waals surface area contributed by atoms with Crippen molar-refractivity contribution in [1.82, 2.24) is 9.55 Å². The first-order chi connectivity index (χ1) is 36.2. The number of rotatable bonds is 11. The second kappa shape index (κ2) is 18.9. The minimum absolute atomic E-state index is 0.0385. The highest BCUT2D eigenvalue weighted by Crippen LogP contribution is 2.51. The quantitative estimate of drug-likeness (QED) is 0.140. The van der Waals surface area contributed by atoms with Gasteiger partial charge in [0.2, 0.25) is 0 Å². The molecule has 346 valence electrons. The summed E-state index contributed by atoms with van der Waals surface area (Å²) >= 11 is 0. The molecule has 12 aromatic rings. The number of anilines is 6. The Morgan fingerprint density at radius 2 is 0.822 bits per heavy atom. The van der Waals surface area contributed by atoms with Gasteiger partial charge >= 0.3 is 0 Å². The number of nitrogens with zero attached hydrogens (tertiary/aromatic N) is 4. The van der Waals surface area contributed by atoms with Crippen molar-refractivity contribution in [2.75, 3.05) is 15.1 Å². The van der Waals surface area contributed by atoms with Crippen molar-refractivity contribution in [3.05, 3.63) is 291 Å². The molecule has 0 fully saturated rings. The molecule has 0 spiro atoms. The van der Waals surface area contributed by atoms with E-state index in [1.807, 2.05) is 6.07 Å². The zero-order valence-corrected chi connectivity index (χ0v) is 40.0. The fourth-order valence-electron chi connectivity index (χ4n) is 10.6. The standard InChI is InChI=1S/C68H49N5/c1-6-20-50(21-7-1)67-69-63-36-18-34-61(65(63)72(67)57-30-12-4-13-31-57)54-26-16-24-52(46-54)48-38-42-59(43-39-48)71(56-28-10-3-11-29-56)60-44-40-49(41-45-60)53-25-17-27-55(47-53)62-35-19-37-64-66(62)73(58-32-14-5-15-33-58)68(70-64)51-22-8-2-9-23-51/h1-47,67,69H. The maximum atomic E-state index is 5.22. The van der Waals surface area contributed by atoms with E-state index in [1.165, 1.54) is 22.4 Å². The van der Waals surface area contributed by atoms with Crippen molar-refractivity contribution in [3.63, 3.8) is 0 Å². The summed E-state index contributed by atoms with van der Waals surface area (Å²) in [5, 5.41) is 3.85. The van der Waals surface area contributed by atoms with Crippen molar-refractivity contribution in [2.45, 2.75) is 6.17 Å². The third-order valence-electron chi connectivity index (χ3n) is 14.0. The molecular weight excluding hydrogens is 887 g/mol. The van der Waals surface area contributed by atoms with Crippen LogP contribution >= 0.6 is 0 Å². The fraction of sp³-hybridized carbons (Fsp3) is 0.0147. The molecule has 0 saturated heterocycles. The summed E-state index contributed by atoms with van der Waals surface area (Å²) in [6.07, 6.45) is -0.0385. The van der Waals surface area contributed by atoms with Gasteiger partial charge in [0.05, 0.1) is 22.4 Å². The van der Waals surface area contributed by atoms with Crippen LogP contribution in [0.4, 0.5) is 34.1 Å². The van der Waals surface area contributed by atoms with Gasteiger partial charge in [-0.2, -0.15) is 0 Å². The number of nitrogens with one attached hydrogen (secondary N) is 1. The lowest BCUT2D eigenvalue weighted by Gasteiger charge is -2.28. The average molecular weight is 936 g/mol. The van der Waals surface area contributed by atoms with E-state index in [9.17, 15) is 0 Å². The van der Waals surface area contributed by atoms with Crippen molar-refractivity contribution >= 4 is 45.2 Å². The highest BCUT2D eigenvalue weighted by Gasteiger charge is 2.33. The van der Waals surface area contributed by atoms with Crippen molar-refractivity contribution < 1.29 is 0 Å². The minimum Gasteiger partial charge on any atom is -0.359 e. The highest BCUT2D eigenvalue weighted by atomic mass is 15.3. The molecule has 0 amide bonds. The van der Waals surface area contributed by atoms with Crippen molar-refractivity contribution in [2.24, 2.45) is 0 Å². The van der Waals surface area contributed by atoms with E-state index in [-0.39, 0.29) is 6.17 Å². The number of hydrogen-bond donors (Lipinski definition) is 1. The zero-order chi connectivity index (χ0) is 48.5. The molecule has 1 atom stereocenters. The van der Waals surface area contributed by atoms with Gasteiger partial charge in [0.25, 0.3) is 0 Å². The maximum absolute atomic E-state index is 5.22. The Morgan fingerprint density at radius 3 is 1.44 bits per heavy atom. The Bertz CT molecular complexity index is 3860. The first kappa shape index (κ1) is 43.3. The fourth-order valence-corrected chi connectivity index (χ4v) is 10.6. The van der Waals surface area contributed by atoms with Crippen LogP contribution in [0.1, 0.15) is 11.7 Å². The molecule has 13 rings (SSSR count). The van der Waals surface area contributed by atoms with Gasteiger partial charge in [-0.05, 0) is 124 Å². The monoisotopic (exact) mass is 935 g/mol. The molecular formula is C68H49N5. The number of aromatic nitrogens is 2. The molecule has 0 bridgehead atoms. The first-order valence-corrected chi connectivity index (χ1v) is 24.9. The molecule has 0 aliphatic carbocycles. The van der Waals surface area contributed by atoms with Crippen LogP contribution in [-0.2, 0) is 0 Å². The van der Waals surface area contributed by atoms with Gasteiger partial charge in [0.1, 0.15) is 12.0 Å². The van der Waals surface area contributed by atoms with Crippen LogP contribution in [0.2, 0.25) is 0 Å². The number of hydrogen-bond acceptors (Lipinski definition) is 4. The van der Waals surface area contributed by atoms with Crippen LogP contribution in [0.25, 0.3) is 72.6 Å². The van der Waals surface area contributed by atoms with Crippen molar-refractivity contribution in [3.8, 4) is 61.6 Å². The van der Waals surface area contributed by atoms with Crippen LogP contribution in [0, 0.1) is 0 Å². The SMILES string of the molecule is c1ccc(-c2nc3cccc(-c4cccc(-c5ccc(N(c6ccccc6)c6ccc(-c7cccc(-c8cccc9c8N(c8ccccc8)C(c8ccccc8)N9)c7)cc6)cc5)c4)c3n2-c2ccccc2)cc1. The molecule has 1 aliphatic heterocycles. The van der Waals surface area contributed by atoms with E-state index in [2.05, 4.69) is 299 Å². The number of fused-ring (bicyclic) bond motifs is 2. The molecule has 1 N–H and O–H groups in total. The third-order valence-corrected chi connectivity index (χ3v) is 14.0. The van der Waals surface area contributed by atoms with E-state index < -0.39 is 0 Å². The predicted octanol–water partition coefficient (Wildman–Crippen LogP) is 18.1. The van der Waals surface area contributed by atoms with Crippen LogP contribution in [0.15, 0.2) is 285 Å². The summed E-state index contributed by atoms with van der Waals surface area (Å²) < 4.78 is 2.30. The first-order valence-electron chi connectivity index (χ1n) is 24.9. The smallest absolute Gasteiger partial charge is 0.145 e. The molecule has 1 aromatic heterocycles. The Hall–Kier alpha value is -9.71. The van der Waals surface area contributed by atoms with Gasteiger partial charge in [-0.3, -0.25) is 4.57 Å². The lowest BCUT2D eigenvalue weighted by atomic mass is 9.96. The van der Waals surface area contributed by atoms with Gasteiger partial charge in [-0.25, -0.2) is 4.98 Å². The summed E-state index contributed by atoms with van der Waals surface area (Å²) in [4.78, 5) is 9.99. The number of benzene rings is 11. The summed E-state index contributed by atoms with van der Waals surface area (Å²) in [7, 11) is 0. The van der Waals surface area contributed by atoms with Crippen LogP contribution in [-0.4, -0.2) is 9.55 Å². The van der Waals surface area contributed by atoms with Gasteiger partial charge in [-0.15, -0.1) is 0 Å². The van der Waals surface area contributed by atoms with Crippen LogP contribution in [0.5, 0.6) is 0 Å². The van der Waals surface area contributed by atoms with E-state index in [1.54, 1.807) is 0 Å². The van der Waals surface area contributed by atoms with Gasteiger partial charge in [0, 0.05) is 45.1 Å². The lowest BCUT2D eigenvalue weighted by Crippen LogP contribution is -2.23. The molecule has 0 radical (unpaired) electrons. The maximum Gasteiger partial charge on any atom is 0.145 e. The summed E-state index contributed by atoms with van der Waals surface area (Å²) in [6.45, 7) is 0.